The summed E-state index contributed by atoms with van der Waals surface area (Å²) in [5.41, 5.74) is 2.11. The predicted molar refractivity (Wildman–Crippen MR) is 78.8 cm³/mol. The number of aromatic nitrogens is 5. The molecule has 0 saturated heterocycles. The van der Waals surface area contributed by atoms with Gasteiger partial charge in [0.15, 0.2) is 0 Å². The van der Waals surface area contributed by atoms with E-state index in [1.807, 2.05) is 13.8 Å². The number of nitrogens with two attached hydrogens (primary N) is 1. The molecule has 2 aromatic rings. The van der Waals surface area contributed by atoms with Crippen molar-refractivity contribution < 1.29 is 5.11 Å². The van der Waals surface area contributed by atoms with Crippen LogP contribution in [0.2, 0.25) is 0 Å². The molecule has 1 atom stereocenters. The van der Waals surface area contributed by atoms with Gasteiger partial charge in [0.25, 0.3) is 0 Å². The molecule has 0 bridgehead atoms. The second kappa shape index (κ2) is 6.46. The minimum Gasteiger partial charge on any atom is -0.396 e. The molecule has 0 saturated carbocycles. The molecule has 9 nitrogen and oxygen atoms in total. The molecule has 0 aliphatic carbocycles. The van der Waals surface area contributed by atoms with Crippen molar-refractivity contribution in [3.8, 4) is 5.95 Å². The fraction of sp³-hybridized carbons (Fsp3) is 0.500. The number of aliphatic hydroxyl groups excluding tert-OH is 1. The second-order valence-electron chi connectivity index (χ2n) is 4.91. The Balaban J connectivity index is 2.33. The number of imidazole rings is 1. The summed E-state index contributed by atoms with van der Waals surface area (Å²) in [7, 11) is 0. The zero-order valence-electron chi connectivity index (χ0n) is 12.1. The standard InChI is InChI=1S/C12H20N8O/c1-3-12(2,4-7-21)18-9-15-10(19-13)17-11(16-9)20-6-5-14-8-20/h5-6,8,21H,3-4,7,13H2,1-2H3,(H2,15,16,17,18,19). The van der Waals surface area contributed by atoms with Gasteiger partial charge in [0, 0.05) is 24.5 Å². The SMILES string of the molecule is CCC(C)(CCO)Nc1nc(NN)nc(-n2ccnc2)n1. The number of hydrogen-bond donors (Lipinski definition) is 4. The molecule has 2 aromatic heterocycles. The summed E-state index contributed by atoms with van der Waals surface area (Å²) in [4.78, 5) is 16.7. The van der Waals surface area contributed by atoms with Gasteiger partial charge >= 0.3 is 0 Å². The molecule has 0 fully saturated rings. The van der Waals surface area contributed by atoms with Gasteiger partial charge in [0.1, 0.15) is 6.33 Å². The Morgan fingerprint density at radius 1 is 1.33 bits per heavy atom. The Morgan fingerprint density at radius 2 is 2.10 bits per heavy atom. The summed E-state index contributed by atoms with van der Waals surface area (Å²) in [5.74, 6) is 6.44. The van der Waals surface area contributed by atoms with Crippen molar-refractivity contribution in [3.05, 3.63) is 18.7 Å². The summed E-state index contributed by atoms with van der Waals surface area (Å²) < 4.78 is 1.66. The number of rotatable bonds is 7. The van der Waals surface area contributed by atoms with Crippen LogP contribution in [0.25, 0.3) is 5.95 Å². The normalized spacial score (nSPS) is 13.7. The maximum atomic E-state index is 9.18. The van der Waals surface area contributed by atoms with Gasteiger partial charge in [0.2, 0.25) is 17.8 Å². The van der Waals surface area contributed by atoms with Crippen molar-refractivity contribution >= 4 is 11.9 Å². The van der Waals surface area contributed by atoms with Crippen molar-refractivity contribution in [1.29, 1.82) is 0 Å². The second-order valence-corrected chi connectivity index (χ2v) is 4.91. The van der Waals surface area contributed by atoms with Crippen molar-refractivity contribution in [2.75, 3.05) is 17.3 Å². The first-order valence-electron chi connectivity index (χ1n) is 6.70. The third kappa shape index (κ3) is 3.64. The number of hydrazine groups is 1. The van der Waals surface area contributed by atoms with Crippen LogP contribution in [0.4, 0.5) is 11.9 Å². The lowest BCUT2D eigenvalue weighted by Crippen LogP contribution is -2.36. The third-order valence-corrected chi connectivity index (χ3v) is 3.35. The fourth-order valence-electron chi connectivity index (χ4n) is 1.82. The summed E-state index contributed by atoms with van der Waals surface area (Å²) in [6, 6.07) is 0. The summed E-state index contributed by atoms with van der Waals surface area (Å²) in [6.07, 6.45) is 6.35. The van der Waals surface area contributed by atoms with Crippen LogP contribution in [-0.2, 0) is 0 Å². The van der Waals surface area contributed by atoms with Gasteiger partial charge < -0.3 is 10.4 Å². The lowest BCUT2D eigenvalue weighted by Gasteiger charge is -2.29. The van der Waals surface area contributed by atoms with Gasteiger partial charge in [-0.05, 0) is 19.8 Å². The van der Waals surface area contributed by atoms with E-state index in [1.165, 1.54) is 0 Å². The molecule has 114 valence electrons. The van der Waals surface area contributed by atoms with Crippen LogP contribution < -0.4 is 16.6 Å². The van der Waals surface area contributed by atoms with E-state index in [0.717, 1.165) is 6.42 Å². The van der Waals surface area contributed by atoms with E-state index in [1.54, 1.807) is 23.3 Å². The Hall–Kier alpha value is -2.26. The van der Waals surface area contributed by atoms with Crippen LogP contribution in [0.5, 0.6) is 0 Å². The maximum Gasteiger partial charge on any atom is 0.243 e. The van der Waals surface area contributed by atoms with E-state index in [2.05, 4.69) is 30.7 Å². The molecule has 9 heteroatoms. The van der Waals surface area contributed by atoms with Crippen molar-refractivity contribution in [2.45, 2.75) is 32.2 Å². The van der Waals surface area contributed by atoms with Gasteiger partial charge in [-0.15, -0.1) is 0 Å². The Morgan fingerprint density at radius 3 is 2.67 bits per heavy atom. The first kappa shape index (κ1) is 15.1. The minimum absolute atomic E-state index is 0.0821. The van der Waals surface area contributed by atoms with Crippen LogP contribution in [0.15, 0.2) is 18.7 Å². The van der Waals surface area contributed by atoms with E-state index in [9.17, 15) is 5.11 Å². The average Bonchev–Trinajstić information content (AvgIpc) is 3.01. The Labute approximate surface area is 122 Å². The third-order valence-electron chi connectivity index (χ3n) is 3.35. The number of nitrogens with zero attached hydrogens (tertiary/aromatic N) is 5. The smallest absolute Gasteiger partial charge is 0.243 e. The van der Waals surface area contributed by atoms with Gasteiger partial charge in [-0.2, -0.15) is 15.0 Å². The Bertz CT molecular complexity index is 573. The minimum atomic E-state index is -0.311. The zero-order chi connectivity index (χ0) is 15.3. The van der Waals surface area contributed by atoms with Crippen molar-refractivity contribution in [3.63, 3.8) is 0 Å². The molecule has 0 aromatic carbocycles. The van der Waals surface area contributed by atoms with Crippen LogP contribution in [-0.4, -0.2) is 41.8 Å². The lowest BCUT2D eigenvalue weighted by atomic mass is 9.95. The zero-order valence-corrected chi connectivity index (χ0v) is 12.1. The molecular weight excluding hydrogens is 272 g/mol. The van der Waals surface area contributed by atoms with E-state index in [-0.39, 0.29) is 18.1 Å². The summed E-state index contributed by atoms with van der Waals surface area (Å²) in [5, 5.41) is 12.4. The van der Waals surface area contributed by atoms with Crippen molar-refractivity contribution in [1.82, 2.24) is 24.5 Å². The van der Waals surface area contributed by atoms with Crippen LogP contribution in [0.1, 0.15) is 26.7 Å². The fourth-order valence-corrected chi connectivity index (χ4v) is 1.82. The van der Waals surface area contributed by atoms with Crippen LogP contribution in [0, 0.1) is 0 Å². The highest BCUT2D eigenvalue weighted by atomic mass is 16.3. The van der Waals surface area contributed by atoms with Crippen LogP contribution in [0.3, 0.4) is 0 Å². The number of aliphatic hydroxyl groups is 1. The highest BCUT2D eigenvalue weighted by Crippen LogP contribution is 2.20. The molecule has 0 amide bonds. The first-order chi connectivity index (χ1) is 10.1. The van der Waals surface area contributed by atoms with Crippen LogP contribution >= 0.6 is 0 Å². The van der Waals surface area contributed by atoms with E-state index in [4.69, 9.17) is 5.84 Å². The molecule has 21 heavy (non-hydrogen) atoms. The number of anilines is 2. The first-order valence-corrected chi connectivity index (χ1v) is 6.70. The molecule has 0 aliphatic rings. The molecule has 2 rings (SSSR count). The Kier molecular flexibility index (Phi) is 4.66. The van der Waals surface area contributed by atoms with E-state index in [0.29, 0.717) is 18.3 Å². The lowest BCUT2D eigenvalue weighted by molar-refractivity contribution is 0.251. The maximum absolute atomic E-state index is 9.18. The molecule has 1 unspecified atom stereocenters. The number of hydrogen-bond acceptors (Lipinski definition) is 8. The largest absolute Gasteiger partial charge is 0.396 e. The molecular formula is C12H20N8O. The average molecular weight is 292 g/mol. The van der Waals surface area contributed by atoms with Gasteiger partial charge in [-0.1, -0.05) is 6.92 Å². The molecule has 0 aliphatic heterocycles. The molecule has 5 N–H and O–H groups in total. The molecule has 0 radical (unpaired) electrons. The summed E-state index contributed by atoms with van der Waals surface area (Å²) in [6.45, 7) is 4.11. The van der Waals surface area contributed by atoms with Gasteiger partial charge in [-0.3, -0.25) is 9.99 Å². The highest BCUT2D eigenvalue weighted by molar-refractivity contribution is 5.39. The summed E-state index contributed by atoms with van der Waals surface area (Å²) >= 11 is 0. The van der Waals surface area contributed by atoms with E-state index >= 15 is 0 Å². The van der Waals surface area contributed by atoms with Crippen molar-refractivity contribution in [2.24, 2.45) is 5.84 Å². The number of nitrogens with one attached hydrogen (secondary N) is 2. The monoisotopic (exact) mass is 292 g/mol. The van der Waals surface area contributed by atoms with E-state index < -0.39 is 0 Å². The van der Waals surface area contributed by atoms with Gasteiger partial charge in [-0.25, -0.2) is 10.8 Å². The highest BCUT2D eigenvalue weighted by Gasteiger charge is 2.23. The predicted octanol–water partition coefficient (Wildman–Crippen LogP) is 0.306. The topological polar surface area (TPSA) is 127 Å². The quantitative estimate of drug-likeness (QED) is 0.424. The molecule has 0 spiro atoms. The number of nitrogen functional groups attached to an aromatic ring is 1. The molecule has 2 heterocycles. The van der Waals surface area contributed by atoms with Gasteiger partial charge in [0.05, 0.1) is 0 Å².